The van der Waals surface area contributed by atoms with E-state index in [0.29, 0.717) is 48.3 Å². The number of carbonyl (C=O) groups is 2. The Balaban J connectivity index is 1.23. The van der Waals surface area contributed by atoms with Gasteiger partial charge in [0.1, 0.15) is 56.9 Å². The second-order valence-corrected chi connectivity index (χ2v) is 23.8. The minimum Gasteiger partial charge on any atom is -0.497 e. The number of benzene rings is 4. The Kier molecular flexibility index (Phi) is 11.5. The van der Waals surface area contributed by atoms with E-state index in [4.69, 9.17) is 36.1 Å². The van der Waals surface area contributed by atoms with E-state index in [2.05, 4.69) is 0 Å². The lowest BCUT2D eigenvalue weighted by molar-refractivity contribution is -0.128. The number of ketones is 2. The second-order valence-electron chi connectivity index (χ2n) is 20.6. The molecule has 10 rings (SSSR count). The first-order chi connectivity index (χ1) is 34.0. The average molecular weight is 1020 g/mol. The van der Waals surface area contributed by atoms with Crippen LogP contribution in [0.25, 0.3) is 55.7 Å². The summed E-state index contributed by atoms with van der Waals surface area (Å²) in [7, 11) is -3.74. The molecule has 16 nitrogen and oxygen atoms in total. The quantitative estimate of drug-likeness (QED) is 0.0876. The van der Waals surface area contributed by atoms with Crippen LogP contribution in [0, 0.1) is 33.5 Å². The number of fused-ring (bicyclic) bond motifs is 6. The van der Waals surface area contributed by atoms with Crippen molar-refractivity contribution in [1.82, 2.24) is 0 Å². The zero-order chi connectivity index (χ0) is 51.5. The van der Waals surface area contributed by atoms with Gasteiger partial charge in [-0.1, -0.05) is 27.7 Å². The molecule has 0 spiro atoms. The standard InChI is InChI=1S/C54H54O16S2/c1-51(2)31-17-19-53(51,43(57)21-31)27-71(59,60)69-41-25-39(65-7)47(49-45(41)35(55)23-37(67-49)29-9-13-33(63-5)14-10-29)48-40(66-8)26-42(70-72(61,62)28-54-20-18-32(22-44(54)58)52(54,3)4)46-36(56)24-38(68-50(46)48)30-11-15-34(64-6)16-12-30/h9-16,23-26,31-32H,17-22,27-28H2,1-8H3/t31-,32-,53-,54-/m1/s1. The highest BCUT2D eigenvalue weighted by atomic mass is 32.2. The van der Waals surface area contributed by atoms with Gasteiger partial charge in [-0.15, -0.1) is 0 Å². The molecule has 18 heteroatoms. The summed E-state index contributed by atoms with van der Waals surface area (Å²) in [6.07, 6.45) is 2.59. The summed E-state index contributed by atoms with van der Waals surface area (Å²) in [6.45, 7) is 7.60. The van der Waals surface area contributed by atoms with Gasteiger partial charge in [0, 0.05) is 48.2 Å². The summed E-state index contributed by atoms with van der Waals surface area (Å²) in [4.78, 5) is 56.6. The Morgan fingerprint density at radius 3 is 1.17 bits per heavy atom. The van der Waals surface area contributed by atoms with Crippen molar-refractivity contribution in [2.75, 3.05) is 39.9 Å². The number of hydrogen-bond donors (Lipinski definition) is 0. The van der Waals surface area contributed by atoms with Crippen LogP contribution in [0.15, 0.2) is 91.2 Å². The molecule has 4 aliphatic rings. The highest BCUT2D eigenvalue weighted by Gasteiger charge is 2.67. The van der Waals surface area contributed by atoms with Crippen molar-refractivity contribution < 1.29 is 62.6 Å². The number of hydrogen-bond acceptors (Lipinski definition) is 16. The molecule has 4 bridgehead atoms. The normalized spacial score (nSPS) is 22.9. The number of carbonyl (C=O) groups excluding carboxylic acids is 2. The third-order valence-electron chi connectivity index (χ3n) is 16.9. The molecule has 4 aromatic carbocycles. The summed E-state index contributed by atoms with van der Waals surface area (Å²) in [6, 6.07) is 17.9. The lowest BCUT2D eigenvalue weighted by Crippen LogP contribution is -2.43. The molecule has 378 valence electrons. The number of Topliss-reactive ketones (excluding diaryl/α,β-unsaturated/α-hetero) is 2. The van der Waals surface area contributed by atoms with E-state index in [-0.39, 0.29) is 92.3 Å². The largest absolute Gasteiger partial charge is 0.497 e. The molecule has 4 fully saturated rings. The van der Waals surface area contributed by atoms with Crippen LogP contribution >= 0.6 is 0 Å². The average Bonchev–Trinajstić information content (AvgIpc) is 3.86. The molecule has 0 unspecified atom stereocenters. The molecule has 4 saturated carbocycles. The van der Waals surface area contributed by atoms with Crippen LogP contribution in [0.5, 0.6) is 34.5 Å². The molecule has 72 heavy (non-hydrogen) atoms. The van der Waals surface area contributed by atoms with E-state index in [9.17, 15) is 36.0 Å². The molecule has 4 aliphatic carbocycles. The molecular weight excluding hydrogens is 969 g/mol. The SMILES string of the molecule is COc1ccc(-c2cc(=O)c3c(OS(=O)(=O)C[C@]45CC[C@H](CC4=O)C5(C)C)cc(OC)c(-c4c(OC)cc(OS(=O)(=O)C[C@]56CC[C@H](CC5=O)C6(C)C)c5c(=O)cc(-c6ccc(OC)cc6)oc45)c3o2)cc1. The van der Waals surface area contributed by atoms with Crippen molar-refractivity contribution in [3.63, 3.8) is 0 Å². The van der Waals surface area contributed by atoms with Crippen LogP contribution in [-0.2, 0) is 29.8 Å². The van der Waals surface area contributed by atoms with E-state index < -0.39 is 75.8 Å². The first kappa shape index (κ1) is 48.9. The monoisotopic (exact) mass is 1020 g/mol. The topological polar surface area (TPSA) is 218 Å². The molecule has 0 N–H and O–H groups in total. The first-order valence-corrected chi connectivity index (χ1v) is 26.8. The third-order valence-corrected chi connectivity index (χ3v) is 19.4. The van der Waals surface area contributed by atoms with Gasteiger partial charge in [-0.3, -0.25) is 19.2 Å². The molecule has 2 heterocycles. The Morgan fingerprint density at radius 2 is 0.875 bits per heavy atom. The van der Waals surface area contributed by atoms with Crippen molar-refractivity contribution in [3.05, 3.63) is 93.2 Å². The lowest BCUT2D eigenvalue weighted by Gasteiger charge is -2.35. The lowest BCUT2D eigenvalue weighted by atomic mass is 9.70. The number of rotatable bonds is 15. The van der Waals surface area contributed by atoms with Crippen LogP contribution in [-0.4, -0.2) is 68.3 Å². The van der Waals surface area contributed by atoms with Crippen LogP contribution in [0.4, 0.5) is 0 Å². The minimum atomic E-state index is -4.65. The van der Waals surface area contributed by atoms with Gasteiger partial charge < -0.3 is 36.1 Å². The first-order valence-electron chi connectivity index (χ1n) is 23.6. The summed E-state index contributed by atoms with van der Waals surface area (Å²) in [5, 5.41) is -0.731. The highest BCUT2D eigenvalue weighted by Crippen LogP contribution is 2.65. The van der Waals surface area contributed by atoms with Gasteiger partial charge >= 0.3 is 20.2 Å². The fraction of sp³-hybridized carbons (Fsp3) is 0.407. The van der Waals surface area contributed by atoms with E-state index in [0.717, 1.165) is 0 Å². The zero-order valence-corrected chi connectivity index (χ0v) is 42.7. The van der Waals surface area contributed by atoms with E-state index in [1.54, 1.807) is 48.5 Å². The van der Waals surface area contributed by atoms with Gasteiger partial charge in [0.2, 0.25) is 0 Å². The summed E-state index contributed by atoms with van der Waals surface area (Å²) >= 11 is 0. The number of methoxy groups -OCH3 is 4. The molecule has 0 aliphatic heterocycles. The predicted octanol–water partition coefficient (Wildman–Crippen LogP) is 9.14. The maximum atomic E-state index is 14.8. The maximum absolute atomic E-state index is 14.8. The fourth-order valence-electron chi connectivity index (χ4n) is 12.4. The molecule has 2 aromatic heterocycles. The zero-order valence-electron chi connectivity index (χ0n) is 41.1. The molecule has 0 radical (unpaired) electrons. The van der Waals surface area contributed by atoms with Crippen LogP contribution in [0.1, 0.15) is 66.2 Å². The third kappa shape index (κ3) is 7.49. The highest BCUT2D eigenvalue weighted by molar-refractivity contribution is 7.87. The van der Waals surface area contributed by atoms with E-state index >= 15 is 0 Å². The van der Waals surface area contributed by atoms with Gasteiger partial charge in [-0.25, -0.2) is 0 Å². The van der Waals surface area contributed by atoms with Gasteiger partial charge in [0.15, 0.2) is 33.5 Å². The second kappa shape index (κ2) is 17.0. The van der Waals surface area contributed by atoms with Crippen molar-refractivity contribution in [2.45, 2.75) is 66.2 Å². The molecular formula is C54H54O16S2. The summed E-state index contributed by atoms with van der Waals surface area (Å²) in [5.74, 6) is -1.79. The van der Waals surface area contributed by atoms with Crippen LogP contribution < -0.4 is 38.2 Å². The van der Waals surface area contributed by atoms with Crippen LogP contribution in [0.2, 0.25) is 0 Å². The Morgan fingerprint density at radius 1 is 0.514 bits per heavy atom. The van der Waals surface area contributed by atoms with Crippen molar-refractivity contribution in [2.24, 2.45) is 33.5 Å². The van der Waals surface area contributed by atoms with Gasteiger partial charge in [0.25, 0.3) is 0 Å². The summed E-state index contributed by atoms with van der Waals surface area (Å²) in [5.41, 5.74) is -5.17. The Hall–Kier alpha value is -6.66. The van der Waals surface area contributed by atoms with Gasteiger partial charge in [-0.2, -0.15) is 16.8 Å². The van der Waals surface area contributed by atoms with Crippen molar-refractivity contribution in [1.29, 1.82) is 0 Å². The van der Waals surface area contributed by atoms with E-state index in [1.165, 1.54) is 52.7 Å². The van der Waals surface area contributed by atoms with Crippen molar-refractivity contribution >= 4 is 53.7 Å². The van der Waals surface area contributed by atoms with Gasteiger partial charge in [0.05, 0.1) is 61.9 Å². The molecule has 4 atom stereocenters. The van der Waals surface area contributed by atoms with Gasteiger partial charge in [-0.05, 0) is 96.9 Å². The molecule has 0 saturated heterocycles. The maximum Gasteiger partial charge on any atom is 0.310 e. The number of ether oxygens (including phenoxy) is 4. The van der Waals surface area contributed by atoms with E-state index in [1.807, 2.05) is 27.7 Å². The van der Waals surface area contributed by atoms with Crippen molar-refractivity contribution in [3.8, 4) is 68.3 Å². The molecule has 0 amide bonds. The minimum absolute atomic E-state index is 0.00856. The fourth-order valence-corrected chi connectivity index (χ4v) is 15.9. The van der Waals surface area contributed by atoms with Crippen LogP contribution in [0.3, 0.4) is 0 Å². The predicted molar refractivity (Wildman–Crippen MR) is 267 cm³/mol. The smallest absolute Gasteiger partial charge is 0.310 e. The Labute approximate surface area is 415 Å². The summed E-state index contributed by atoms with van der Waals surface area (Å²) < 4.78 is 106. The Bertz CT molecular complexity index is 3370. The molecule has 6 aromatic rings.